The maximum atomic E-state index is 13.0. The summed E-state index contributed by atoms with van der Waals surface area (Å²) in [6.07, 6.45) is 6.46. The molecule has 156 valence electrons. The van der Waals surface area contributed by atoms with Crippen molar-refractivity contribution in [1.82, 2.24) is 14.3 Å². The third-order valence-electron chi connectivity index (χ3n) is 5.23. The Bertz CT molecular complexity index is 907. The molecule has 1 aliphatic heterocycles. The van der Waals surface area contributed by atoms with Crippen LogP contribution >= 0.6 is 0 Å². The van der Waals surface area contributed by atoms with Crippen LogP contribution in [-0.2, 0) is 14.8 Å². The highest BCUT2D eigenvalue weighted by Crippen LogP contribution is 2.22. The average molecular weight is 418 g/mol. The normalized spacial score (nSPS) is 15.5. The summed E-state index contributed by atoms with van der Waals surface area (Å²) >= 11 is 0. The maximum absolute atomic E-state index is 13.0. The molecule has 0 saturated carbocycles. The van der Waals surface area contributed by atoms with Gasteiger partial charge in [-0.15, -0.1) is 0 Å². The summed E-state index contributed by atoms with van der Waals surface area (Å²) in [6, 6.07) is 6.38. The molecule has 2 aromatic rings. The zero-order chi connectivity index (χ0) is 20.9. The minimum atomic E-state index is -3.58. The van der Waals surface area contributed by atoms with Crippen molar-refractivity contribution in [3.63, 3.8) is 0 Å². The quantitative estimate of drug-likeness (QED) is 0.743. The number of rotatable bonds is 7. The fourth-order valence-electron chi connectivity index (χ4n) is 3.38. The van der Waals surface area contributed by atoms with Crippen LogP contribution in [0, 0.1) is 5.92 Å². The average Bonchev–Trinajstić information content (AvgIpc) is 2.76. The largest absolute Gasteiger partial charge is 0.353 e. The Morgan fingerprint density at radius 3 is 2.28 bits per heavy atom. The number of nitrogens with zero attached hydrogens (tertiary/aromatic N) is 4. The molecule has 1 N–H and O–H groups in total. The predicted octanol–water partition coefficient (Wildman–Crippen LogP) is 2.36. The molecule has 1 amide bonds. The van der Waals surface area contributed by atoms with E-state index in [4.69, 9.17) is 0 Å². The van der Waals surface area contributed by atoms with Gasteiger partial charge in [0.1, 0.15) is 5.82 Å². The smallest absolute Gasteiger partial charge is 0.243 e. The lowest BCUT2D eigenvalue weighted by molar-refractivity contribution is -0.120. The van der Waals surface area contributed by atoms with Crippen LogP contribution in [0.15, 0.2) is 47.8 Å². The van der Waals surface area contributed by atoms with Gasteiger partial charge in [-0.3, -0.25) is 9.78 Å². The monoisotopic (exact) mass is 417 g/mol. The van der Waals surface area contributed by atoms with Gasteiger partial charge in [0.15, 0.2) is 0 Å². The molecule has 0 spiro atoms. The van der Waals surface area contributed by atoms with Crippen molar-refractivity contribution in [3.8, 4) is 0 Å². The number of sulfonamides is 1. The molecule has 1 aromatic heterocycles. The van der Waals surface area contributed by atoms with Crippen LogP contribution < -0.4 is 10.2 Å². The van der Waals surface area contributed by atoms with Crippen LogP contribution in [0.2, 0.25) is 0 Å². The van der Waals surface area contributed by atoms with Crippen LogP contribution in [0.3, 0.4) is 0 Å². The number of carbonyl (C=O) groups is 1. The Hall–Kier alpha value is -2.52. The fraction of sp³-hybridized carbons (Fsp3) is 0.450. The molecule has 1 saturated heterocycles. The van der Waals surface area contributed by atoms with Crippen LogP contribution in [0.25, 0.3) is 0 Å². The number of amides is 1. The summed E-state index contributed by atoms with van der Waals surface area (Å²) in [4.78, 5) is 22.8. The third kappa shape index (κ3) is 4.91. The van der Waals surface area contributed by atoms with Crippen molar-refractivity contribution < 1.29 is 13.2 Å². The van der Waals surface area contributed by atoms with Gasteiger partial charge < -0.3 is 10.2 Å². The molecule has 1 aliphatic rings. The van der Waals surface area contributed by atoms with Gasteiger partial charge in [0.05, 0.1) is 11.1 Å². The first-order chi connectivity index (χ1) is 14.0. The van der Waals surface area contributed by atoms with Crippen molar-refractivity contribution in [1.29, 1.82) is 0 Å². The summed E-state index contributed by atoms with van der Waals surface area (Å²) in [6.45, 7) is 5.84. The van der Waals surface area contributed by atoms with Crippen LogP contribution in [0.5, 0.6) is 0 Å². The standard InChI is InChI=1S/C20H27N5O3S/c1-3-16(4-2)20(26)23-17-5-7-18(8-6-17)29(27,28)25-13-11-24(12-14-25)19-15-21-9-10-22-19/h5-10,15-16H,3-4,11-14H2,1-2H3,(H,23,26). The van der Waals surface area contributed by atoms with Crippen LogP contribution in [0.1, 0.15) is 26.7 Å². The van der Waals surface area contributed by atoms with E-state index in [-0.39, 0.29) is 16.7 Å². The zero-order valence-corrected chi connectivity index (χ0v) is 17.6. The molecule has 0 atom stereocenters. The number of nitrogens with one attached hydrogen (secondary N) is 1. The number of anilines is 2. The number of piperazine rings is 1. The second-order valence-electron chi connectivity index (χ2n) is 6.98. The first-order valence-electron chi connectivity index (χ1n) is 9.87. The highest BCUT2D eigenvalue weighted by Gasteiger charge is 2.29. The van der Waals surface area contributed by atoms with Crippen molar-refractivity contribution in [2.75, 3.05) is 36.4 Å². The van der Waals surface area contributed by atoms with Crippen LogP contribution in [0.4, 0.5) is 11.5 Å². The molecular formula is C20H27N5O3S. The summed E-state index contributed by atoms with van der Waals surface area (Å²) in [5, 5.41) is 2.86. The van der Waals surface area contributed by atoms with Gasteiger partial charge in [-0.05, 0) is 37.1 Å². The van der Waals surface area contributed by atoms with E-state index in [0.29, 0.717) is 31.9 Å². The predicted molar refractivity (Wildman–Crippen MR) is 112 cm³/mol. The number of hydrogen-bond donors (Lipinski definition) is 1. The van der Waals surface area contributed by atoms with Gasteiger partial charge in [-0.25, -0.2) is 13.4 Å². The summed E-state index contributed by atoms with van der Waals surface area (Å²) < 4.78 is 27.4. The first-order valence-corrected chi connectivity index (χ1v) is 11.3. The van der Waals surface area contributed by atoms with Gasteiger partial charge in [-0.1, -0.05) is 13.8 Å². The molecule has 0 bridgehead atoms. The lowest BCUT2D eigenvalue weighted by Gasteiger charge is -2.34. The molecule has 29 heavy (non-hydrogen) atoms. The van der Waals surface area contributed by atoms with Gasteiger partial charge in [0, 0.05) is 50.2 Å². The van der Waals surface area contributed by atoms with Gasteiger partial charge in [0.25, 0.3) is 0 Å². The Balaban J connectivity index is 1.63. The lowest BCUT2D eigenvalue weighted by atomic mass is 10.0. The number of aromatic nitrogens is 2. The Morgan fingerprint density at radius 1 is 1.07 bits per heavy atom. The van der Waals surface area contributed by atoms with E-state index >= 15 is 0 Å². The van der Waals surface area contributed by atoms with E-state index in [1.807, 2.05) is 18.7 Å². The molecule has 0 radical (unpaired) electrons. The van der Waals surface area contributed by atoms with E-state index in [1.54, 1.807) is 42.9 Å². The second-order valence-corrected chi connectivity index (χ2v) is 8.92. The molecule has 9 heteroatoms. The van der Waals surface area contributed by atoms with E-state index in [1.165, 1.54) is 4.31 Å². The van der Waals surface area contributed by atoms with E-state index in [9.17, 15) is 13.2 Å². The van der Waals surface area contributed by atoms with E-state index in [0.717, 1.165) is 18.7 Å². The Morgan fingerprint density at radius 2 is 1.72 bits per heavy atom. The maximum Gasteiger partial charge on any atom is 0.243 e. The van der Waals surface area contributed by atoms with E-state index < -0.39 is 10.0 Å². The fourth-order valence-corrected chi connectivity index (χ4v) is 4.80. The lowest BCUT2D eigenvalue weighted by Crippen LogP contribution is -2.48. The zero-order valence-electron chi connectivity index (χ0n) is 16.8. The van der Waals surface area contributed by atoms with Crippen molar-refractivity contribution >= 4 is 27.4 Å². The molecule has 1 aromatic carbocycles. The van der Waals surface area contributed by atoms with Crippen molar-refractivity contribution in [2.45, 2.75) is 31.6 Å². The number of hydrogen-bond acceptors (Lipinski definition) is 6. The third-order valence-corrected chi connectivity index (χ3v) is 7.14. The van der Waals surface area contributed by atoms with Crippen molar-refractivity contribution in [2.24, 2.45) is 5.92 Å². The molecule has 0 unspecified atom stereocenters. The highest BCUT2D eigenvalue weighted by atomic mass is 32.2. The molecule has 2 heterocycles. The Labute approximate surface area is 172 Å². The molecule has 1 fully saturated rings. The highest BCUT2D eigenvalue weighted by molar-refractivity contribution is 7.89. The van der Waals surface area contributed by atoms with E-state index in [2.05, 4.69) is 15.3 Å². The topological polar surface area (TPSA) is 95.5 Å². The molecule has 8 nitrogen and oxygen atoms in total. The first kappa shape index (κ1) is 21.2. The molecular weight excluding hydrogens is 390 g/mol. The van der Waals surface area contributed by atoms with Crippen molar-refractivity contribution in [3.05, 3.63) is 42.9 Å². The van der Waals surface area contributed by atoms with Gasteiger partial charge >= 0.3 is 0 Å². The molecule has 3 rings (SSSR count). The van der Waals surface area contributed by atoms with Crippen LogP contribution in [-0.4, -0.2) is 54.8 Å². The minimum absolute atomic E-state index is 0.0364. The number of benzene rings is 1. The SMILES string of the molecule is CCC(CC)C(=O)Nc1ccc(S(=O)(=O)N2CCN(c3cnccn3)CC2)cc1. The summed E-state index contributed by atoms with van der Waals surface area (Å²) in [7, 11) is -3.58. The molecule has 0 aliphatic carbocycles. The second kappa shape index (κ2) is 9.32. The minimum Gasteiger partial charge on any atom is -0.353 e. The number of carbonyl (C=O) groups excluding carboxylic acids is 1. The van der Waals surface area contributed by atoms with Gasteiger partial charge in [0.2, 0.25) is 15.9 Å². The Kier molecular flexibility index (Phi) is 6.81. The summed E-state index contributed by atoms with van der Waals surface area (Å²) in [5.74, 6) is 0.678. The van der Waals surface area contributed by atoms with Gasteiger partial charge in [-0.2, -0.15) is 4.31 Å². The summed E-state index contributed by atoms with van der Waals surface area (Å²) in [5.41, 5.74) is 0.605.